The van der Waals surface area contributed by atoms with Crippen LogP contribution < -0.4 is 5.32 Å². The lowest BCUT2D eigenvalue weighted by molar-refractivity contribution is -0.393. The zero-order valence-corrected chi connectivity index (χ0v) is 16.1. The molecule has 0 aromatic heterocycles. The molecule has 5 atom stereocenters. The SMILES string of the molecule is O=[N+]([O-])c1ccc(N[C@@H]2[C@H](OCc3ccccc3)O[C@H](CO)[C@H](O)[C@@H]2O)c([N+](=O)[O-])c1. The Balaban J connectivity index is 1.87. The lowest BCUT2D eigenvalue weighted by atomic mass is 9.96. The molecule has 12 heteroatoms. The van der Waals surface area contributed by atoms with E-state index < -0.39 is 58.5 Å². The molecule has 1 aliphatic heterocycles. The molecule has 1 saturated heterocycles. The lowest BCUT2D eigenvalue weighted by Gasteiger charge is -2.42. The first kappa shape index (κ1) is 22.5. The summed E-state index contributed by atoms with van der Waals surface area (Å²) >= 11 is 0. The van der Waals surface area contributed by atoms with Crippen LogP contribution in [-0.2, 0) is 16.1 Å². The van der Waals surface area contributed by atoms with E-state index >= 15 is 0 Å². The molecule has 1 fully saturated rings. The molecule has 1 aliphatic rings. The van der Waals surface area contributed by atoms with Crippen molar-refractivity contribution in [2.45, 2.75) is 37.3 Å². The first-order valence-corrected chi connectivity index (χ1v) is 9.29. The number of nitro benzene ring substituents is 2. The van der Waals surface area contributed by atoms with Gasteiger partial charge in [-0.3, -0.25) is 20.2 Å². The third-order valence-electron chi connectivity index (χ3n) is 4.85. The highest BCUT2D eigenvalue weighted by atomic mass is 16.7. The van der Waals surface area contributed by atoms with Gasteiger partial charge in [-0.2, -0.15) is 0 Å². The zero-order chi connectivity index (χ0) is 22.5. The maximum absolute atomic E-state index is 11.4. The van der Waals surface area contributed by atoms with Crippen LogP contribution in [0, 0.1) is 20.2 Å². The summed E-state index contributed by atoms with van der Waals surface area (Å²) in [6.45, 7) is -0.527. The van der Waals surface area contributed by atoms with Crippen LogP contribution in [0.2, 0.25) is 0 Å². The molecular formula is C19H21N3O9. The molecule has 0 unspecified atom stereocenters. The van der Waals surface area contributed by atoms with Crippen LogP contribution in [0.25, 0.3) is 0 Å². The van der Waals surface area contributed by atoms with Crippen LogP contribution in [0.5, 0.6) is 0 Å². The number of nitro groups is 2. The van der Waals surface area contributed by atoms with Crippen LogP contribution in [0.3, 0.4) is 0 Å². The fourth-order valence-corrected chi connectivity index (χ4v) is 3.22. The number of anilines is 1. The molecule has 0 bridgehead atoms. The van der Waals surface area contributed by atoms with Crippen molar-refractivity contribution in [3.63, 3.8) is 0 Å². The first-order chi connectivity index (χ1) is 14.8. The molecular weight excluding hydrogens is 414 g/mol. The van der Waals surface area contributed by atoms with Gasteiger partial charge in [-0.25, -0.2) is 0 Å². The van der Waals surface area contributed by atoms with Crippen molar-refractivity contribution in [2.24, 2.45) is 0 Å². The Morgan fingerprint density at radius 3 is 2.35 bits per heavy atom. The van der Waals surface area contributed by atoms with Crippen LogP contribution in [0.15, 0.2) is 48.5 Å². The van der Waals surface area contributed by atoms with Gasteiger partial charge in [0.1, 0.15) is 30.0 Å². The Kier molecular flexibility index (Phi) is 7.09. The van der Waals surface area contributed by atoms with Gasteiger partial charge >= 0.3 is 0 Å². The van der Waals surface area contributed by atoms with E-state index in [1.165, 1.54) is 0 Å². The number of non-ortho nitro benzene ring substituents is 1. The molecule has 0 amide bonds. The van der Waals surface area contributed by atoms with Crippen LogP contribution in [-0.4, -0.2) is 62.4 Å². The summed E-state index contributed by atoms with van der Waals surface area (Å²) in [6.07, 6.45) is -5.37. The normalized spacial score (nSPS) is 25.7. The summed E-state index contributed by atoms with van der Waals surface area (Å²) < 4.78 is 11.3. The van der Waals surface area contributed by atoms with E-state index in [1.807, 2.05) is 6.07 Å². The largest absolute Gasteiger partial charge is 0.394 e. The Bertz CT molecular complexity index is 927. The van der Waals surface area contributed by atoms with Gasteiger partial charge in [0.15, 0.2) is 6.29 Å². The van der Waals surface area contributed by atoms with Gasteiger partial charge in [0, 0.05) is 6.07 Å². The van der Waals surface area contributed by atoms with Crippen molar-refractivity contribution in [2.75, 3.05) is 11.9 Å². The van der Waals surface area contributed by atoms with E-state index in [-0.39, 0.29) is 12.3 Å². The van der Waals surface area contributed by atoms with E-state index in [9.17, 15) is 35.5 Å². The van der Waals surface area contributed by atoms with Gasteiger partial charge in [0.25, 0.3) is 11.4 Å². The van der Waals surface area contributed by atoms with E-state index in [2.05, 4.69) is 5.32 Å². The number of aliphatic hydroxyl groups excluding tert-OH is 3. The summed E-state index contributed by atoms with van der Waals surface area (Å²) in [5.41, 5.74) is -0.421. The molecule has 3 rings (SSSR count). The quantitative estimate of drug-likeness (QED) is 0.344. The highest BCUT2D eigenvalue weighted by Crippen LogP contribution is 2.32. The second kappa shape index (κ2) is 9.76. The Morgan fingerprint density at radius 2 is 1.74 bits per heavy atom. The lowest BCUT2D eigenvalue weighted by Crippen LogP contribution is -2.61. The number of nitrogens with zero attached hydrogens (tertiary/aromatic N) is 2. The molecule has 2 aromatic rings. The number of rotatable bonds is 8. The molecule has 4 N–H and O–H groups in total. The highest BCUT2D eigenvalue weighted by Gasteiger charge is 2.45. The summed E-state index contributed by atoms with van der Waals surface area (Å²) in [7, 11) is 0. The van der Waals surface area contributed by atoms with Crippen molar-refractivity contribution < 1.29 is 34.6 Å². The average Bonchev–Trinajstić information content (AvgIpc) is 2.77. The number of hydrogen-bond donors (Lipinski definition) is 4. The van der Waals surface area contributed by atoms with Gasteiger partial charge < -0.3 is 30.1 Å². The predicted molar refractivity (Wildman–Crippen MR) is 106 cm³/mol. The van der Waals surface area contributed by atoms with Crippen molar-refractivity contribution >= 4 is 17.1 Å². The molecule has 0 saturated carbocycles. The molecule has 2 aromatic carbocycles. The third kappa shape index (κ3) is 5.13. The van der Waals surface area contributed by atoms with E-state index in [0.29, 0.717) is 0 Å². The Morgan fingerprint density at radius 1 is 1.03 bits per heavy atom. The standard InChI is InChI=1S/C19H21N3O9/c23-9-15-17(24)18(25)16(19(31-15)30-10-11-4-2-1-3-5-11)20-13-7-6-12(21(26)27)8-14(13)22(28)29/h1-8,15-20,23-25H,9-10H2/t15-,16+,17+,18-,19-/m1/s1. The monoisotopic (exact) mass is 435 g/mol. The summed E-state index contributed by atoms with van der Waals surface area (Å²) in [5, 5.41) is 55.3. The topological polar surface area (TPSA) is 177 Å². The smallest absolute Gasteiger partial charge is 0.299 e. The molecule has 166 valence electrons. The molecule has 0 spiro atoms. The van der Waals surface area contributed by atoms with Crippen molar-refractivity contribution in [3.05, 3.63) is 74.3 Å². The number of aliphatic hydroxyl groups is 3. The number of ether oxygens (including phenoxy) is 2. The van der Waals surface area contributed by atoms with Crippen LogP contribution in [0.1, 0.15) is 5.56 Å². The maximum Gasteiger partial charge on any atom is 0.299 e. The van der Waals surface area contributed by atoms with Gasteiger partial charge in [-0.15, -0.1) is 0 Å². The zero-order valence-electron chi connectivity index (χ0n) is 16.1. The van der Waals surface area contributed by atoms with E-state index in [1.54, 1.807) is 24.3 Å². The Labute approximate surface area is 176 Å². The fourth-order valence-electron chi connectivity index (χ4n) is 3.22. The van der Waals surface area contributed by atoms with E-state index in [4.69, 9.17) is 9.47 Å². The minimum atomic E-state index is -1.53. The van der Waals surface area contributed by atoms with Gasteiger partial charge in [-0.1, -0.05) is 30.3 Å². The number of benzene rings is 2. The second-order valence-corrected chi connectivity index (χ2v) is 6.89. The van der Waals surface area contributed by atoms with Crippen molar-refractivity contribution in [1.82, 2.24) is 0 Å². The third-order valence-corrected chi connectivity index (χ3v) is 4.85. The number of nitrogens with one attached hydrogen (secondary N) is 1. The predicted octanol–water partition coefficient (Wildman–Crippen LogP) is 0.939. The summed E-state index contributed by atoms with van der Waals surface area (Å²) in [4.78, 5) is 20.8. The second-order valence-electron chi connectivity index (χ2n) is 6.89. The minimum absolute atomic E-state index is 0.0625. The fraction of sp³-hybridized carbons (Fsp3) is 0.368. The number of hydrogen-bond acceptors (Lipinski definition) is 10. The molecule has 1 heterocycles. The maximum atomic E-state index is 11.4. The molecule has 31 heavy (non-hydrogen) atoms. The molecule has 12 nitrogen and oxygen atoms in total. The van der Waals surface area contributed by atoms with Crippen LogP contribution in [0.4, 0.5) is 17.1 Å². The first-order valence-electron chi connectivity index (χ1n) is 9.29. The van der Waals surface area contributed by atoms with Crippen molar-refractivity contribution in [1.29, 1.82) is 0 Å². The Hall–Kier alpha value is -3.16. The summed E-state index contributed by atoms with van der Waals surface area (Å²) in [5.74, 6) is 0. The van der Waals surface area contributed by atoms with Crippen molar-refractivity contribution in [3.8, 4) is 0 Å². The van der Waals surface area contributed by atoms with Crippen LogP contribution >= 0.6 is 0 Å². The van der Waals surface area contributed by atoms with Gasteiger partial charge in [-0.05, 0) is 11.6 Å². The van der Waals surface area contributed by atoms with Gasteiger partial charge in [0.05, 0.1) is 29.1 Å². The summed E-state index contributed by atoms with van der Waals surface area (Å²) in [6, 6.07) is 10.8. The van der Waals surface area contributed by atoms with E-state index in [0.717, 1.165) is 23.8 Å². The highest BCUT2D eigenvalue weighted by molar-refractivity contribution is 5.65. The molecule has 0 radical (unpaired) electrons. The molecule has 0 aliphatic carbocycles. The minimum Gasteiger partial charge on any atom is -0.394 e. The van der Waals surface area contributed by atoms with Gasteiger partial charge in [0.2, 0.25) is 0 Å². The average molecular weight is 435 g/mol.